The second-order valence-electron chi connectivity index (χ2n) is 6.13. The van der Waals surface area contributed by atoms with Crippen LogP contribution in [-0.4, -0.2) is 56.6 Å². The SMILES string of the molecule is CC(=O)c1cccc(S(=O)(=O)N2CCC(C(=O)NN(C)C)CC2)c1. The smallest absolute Gasteiger partial charge is 0.243 e. The Hall–Kier alpha value is -1.77. The summed E-state index contributed by atoms with van der Waals surface area (Å²) in [5, 5.41) is 1.58. The fraction of sp³-hybridized carbons (Fsp3) is 0.500. The van der Waals surface area contributed by atoms with Crippen molar-refractivity contribution >= 4 is 21.7 Å². The van der Waals surface area contributed by atoms with Crippen LogP contribution < -0.4 is 5.43 Å². The summed E-state index contributed by atoms with van der Waals surface area (Å²) in [6.07, 6.45) is 0.955. The molecule has 7 nitrogen and oxygen atoms in total. The number of benzene rings is 1. The lowest BCUT2D eigenvalue weighted by molar-refractivity contribution is -0.130. The Bertz CT molecular complexity index is 723. The maximum Gasteiger partial charge on any atom is 0.243 e. The predicted octanol–water partition coefficient (Wildman–Crippen LogP) is 0.883. The van der Waals surface area contributed by atoms with Gasteiger partial charge in [-0.1, -0.05) is 12.1 Å². The maximum absolute atomic E-state index is 12.7. The summed E-state index contributed by atoms with van der Waals surface area (Å²) in [6, 6.07) is 6.06. The number of amides is 1. The molecule has 24 heavy (non-hydrogen) atoms. The van der Waals surface area contributed by atoms with Crippen LogP contribution in [0.1, 0.15) is 30.1 Å². The summed E-state index contributed by atoms with van der Waals surface area (Å²) in [7, 11) is -0.180. The minimum absolute atomic E-state index is 0.0874. The number of hydrogen-bond acceptors (Lipinski definition) is 5. The van der Waals surface area contributed by atoms with Crippen LogP contribution in [-0.2, 0) is 14.8 Å². The van der Waals surface area contributed by atoms with E-state index >= 15 is 0 Å². The van der Waals surface area contributed by atoms with Gasteiger partial charge in [-0.15, -0.1) is 0 Å². The number of Topliss-reactive ketones (excluding diaryl/α,β-unsaturated/α-hetero) is 1. The largest absolute Gasteiger partial charge is 0.295 e. The Morgan fingerprint density at radius 3 is 2.38 bits per heavy atom. The van der Waals surface area contributed by atoms with Gasteiger partial charge in [-0.25, -0.2) is 13.4 Å². The number of rotatable bonds is 5. The minimum atomic E-state index is -3.65. The van der Waals surface area contributed by atoms with Crippen molar-refractivity contribution in [2.45, 2.75) is 24.7 Å². The first kappa shape index (κ1) is 18.6. The van der Waals surface area contributed by atoms with E-state index in [1.807, 2.05) is 0 Å². The maximum atomic E-state index is 12.7. The van der Waals surface area contributed by atoms with E-state index in [1.165, 1.54) is 23.4 Å². The lowest BCUT2D eigenvalue weighted by Crippen LogP contribution is -2.46. The zero-order valence-electron chi connectivity index (χ0n) is 14.2. The van der Waals surface area contributed by atoms with Crippen molar-refractivity contribution in [2.24, 2.45) is 5.92 Å². The van der Waals surface area contributed by atoms with Crippen LogP contribution in [0.2, 0.25) is 0 Å². The average molecular weight is 353 g/mol. The van der Waals surface area contributed by atoms with Crippen LogP contribution in [0.15, 0.2) is 29.2 Å². The number of nitrogens with zero attached hydrogens (tertiary/aromatic N) is 2. The number of hydrazine groups is 1. The van der Waals surface area contributed by atoms with Crippen molar-refractivity contribution in [3.05, 3.63) is 29.8 Å². The molecule has 1 aliphatic rings. The van der Waals surface area contributed by atoms with E-state index in [-0.39, 0.29) is 35.6 Å². The van der Waals surface area contributed by atoms with E-state index in [1.54, 1.807) is 31.2 Å². The molecule has 0 aromatic heterocycles. The molecule has 132 valence electrons. The van der Waals surface area contributed by atoms with Gasteiger partial charge in [0.1, 0.15) is 0 Å². The van der Waals surface area contributed by atoms with Crippen molar-refractivity contribution in [3.8, 4) is 0 Å². The Labute approximate surface area is 142 Å². The van der Waals surface area contributed by atoms with Crippen molar-refractivity contribution in [2.75, 3.05) is 27.2 Å². The first-order valence-electron chi connectivity index (χ1n) is 7.81. The van der Waals surface area contributed by atoms with Gasteiger partial charge < -0.3 is 0 Å². The van der Waals surface area contributed by atoms with Crippen molar-refractivity contribution in [1.29, 1.82) is 0 Å². The highest BCUT2D eigenvalue weighted by atomic mass is 32.2. The molecule has 1 saturated heterocycles. The van der Waals surface area contributed by atoms with Crippen LogP contribution in [0, 0.1) is 5.92 Å². The zero-order chi connectivity index (χ0) is 17.9. The summed E-state index contributed by atoms with van der Waals surface area (Å²) in [4.78, 5) is 23.6. The Morgan fingerprint density at radius 1 is 1.21 bits per heavy atom. The lowest BCUT2D eigenvalue weighted by atomic mass is 9.98. The van der Waals surface area contributed by atoms with E-state index in [0.717, 1.165) is 0 Å². The molecule has 2 rings (SSSR count). The van der Waals surface area contributed by atoms with Crippen molar-refractivity contribution in [3.63, 3.8) is 0 Å². The normalized spacial score (nSPS) is 17.0. The van der Waals surface area contributed by atoms with Crippen LogP contribution in [0.4, 0.5) is 0 Å². The second kappa shape index (κ2) is 7.42. The standard InChI is InChI=1S/C16H23N3O4S/c1-12(20)14-5-4-6-15(11-14)24(22,23)19-9-7-13(8-10-19)16(21)17-18(2)3/h4-6,11,13H,7-10H2,1-3H3,(H,17,21). The number of piperidine rings is 1. The van der Waals surface area contributed by atoms with Gasteiger partial charge in [-0.05, 0) is 31.9 Å². The Kier molecular flexibility index (Phi) is 5.74. The number of nitrogens with one attached hydrogen (secondary N) is 1. The molecule has 1 aromatic rings. The molecule has 0 atom stereocenters. The molecule has 0 unspecified atom stereocenters. The number of carbonyl (C=O) groups excluding carboxylic acids is 2. The highest BCUT2D eigenvalue weighted by molar-refractivity contribution is 7.89. The molecule has 0 saturated carbocycles. The molecule has 1 heterocycles. The van der Waals surface area contributed by atoms with Gasteiger partial charge in [-0.2, -0.15) is 4.31 Å². The van der Waals surface area contributed by atoms with Gasteiger partial charge >= 0.3 is 0 Å². The molecule has 1 fully saturated rings. The summed E-state index contributed by atoms with van der Waals surface area (Å²) >= 11 is 0. The van der Waals surface area contributed by atoms with Crippen LogP contribution in [0.3, 0.4) is 0 Å². The highest BCUT2D eigenvalue weighted by Crippen LogP contribution is 2.24. The number of hydrogen-bond donors (Lipinski definition) is 1. The topological polar surface area (TPSA) is 86.8 Å². The summed E-state index contributed by atoms with van der Waals surface area (Å²) in [6.45, 7) is 1.98. The van der Waals surface area contributed by atoms with Gasteiger partial charge in [0.2, 0.25) is 15.9 Å². The fourth-order valence-corrected chi connectivity index (χ4v) is 4.21. The summed E-state index contributed by atoms with van der Waals surface area (Å²) < 4.78 is 26.8. The average Bonchev–Trinajstić information content (AvgIpc) is 2.54. The van der Waals surface area contributed by atoms with Gasteiger partial charge in [0, 0.05) is 38.7 Å². The third-order valence-electron chi connectivity index (χ3n) is 4.04. The molecule has 0 radical (unpaired) electrons. The first-order valence-corrected chi connectivity index (χ1v) is 9.25. The van der Waals surface area contributed by atoms with Crippen LogP contribution in [0.25, 0.3) is 0 Å². The third kappa shape index (κ3) is 4.19. The molecule has 0 bridgehead atoms. The Balaban J connectivity index is 2.09. The van der Waals surface area contributed by atoms with Gasteiger partial charge in [0.05, 0.1) is 4.90 Å². The zero-order valence-corrected chi connectivity index (χ0v) is 15.0. The molecule has 8 heteroatoms. The number of ketones is 1. The Morgan fingerprint density at radius 2 is 1.83 bits per heavy atom. The number of carbonyl (C=O) groups is 2. The number of sulfonamides is 1. The monoisotopic (exact) mass is 353 g/mol. The van der Waals surface area contributed by atoms with Crippen LogP contribution in [0.5, 0.6) is 0 Å². The van der Waals surface area contributed by atoms with Crippen molar-refractivity contribution < 1.29 is 18.0 Å². The molecule has 1 aromatic carbocycles. The summed E-state index contributed by atoms with van der Waals surface area (Å²) in [5.74, 6) is -0.454. The molecule has 1 aliphatic heterocycles. The van der Waals surface area contributed by atoms with Crippen molar-refractivity contribution in [1.82, 2.24) is 14.7 Å². The minimum Gasteiger partial charge on any atom is -0.295 e. The van der Waals surface area contributed by atoms with E-state index in [2.05, 4.69) is 5.43 Å². The summed E-state index contributed by atoms with van der Waals surface area (Å²) in [5.41, 5.74) is 3.08. The molecule has 1 N–H and O–H groups in total. The molecular formula is C16H23N3O4S. The highest BCUT2D eigenvalue weighted by Gasteiger charge is 2.32. The molecule has 0 aliphatic carbocycles. The van der Waals surface area contributed by atoms with Gasteiger partial charge in [0.25, 0.3) is 0 Å². The lowest BCUT2D eigenvalue weighted by Gasteiger charge is -2.31. The van der Waals surface area contributed by atoms with E-state index in [0.29, 0.717) is 18.4 Å². The second-order valence-corrected chi connectivity index (χ2v) is 8.07. The van der Waals surface area contributed by atoms with Gasteiger partial charge in [0.15, 0.2) is 5.78 Å². The van der Waals surface area contributed by atoms with E-state index in [9.17, 15) is 18.0 Å². The third-order valence-corrected chi connectivity index (χ3v) is 5.93. The van der Waals surface area contributed by atoms with E-state index < -0.39 is 10.0 Å². The van der Waals surface area contributed by atoms with Crippen LogP contribution >= 0.6 is 0 Å². The molecular weight excluding hydrogens is 330 g/mol. The van der Waals surface area contributed by atoms with Gasteiger partial charge in [-0.3, -0.25) is 15.0 Å². The predicted molar refractivity (Wildman–Crippen MR) is 89.8 cm³/mol. The fourth-order valence-electron chi connectivity index (χ4n) is 2.69. The quantitative estimate of drug-likeness (QED) is 0.627. The molecule has 1 amide bonds. The first-order chi connectivity index (χ1) is 11.2. The van der Waals surface area contributed by atoms with E-state index in [4.69, 9.17) is 0 Å². The molecule has 0 spiro atoms.